The summed E-state index contributed by atoms with van der Waals surface area (Å²) in [7, 11) is 0. The summed E-state index contributed by atoms with van der Waals surface area (Å²) < 4.78 is 0. The number of aliphatic hydroxyl groups excluding tert-OH is 1. The van der Waals surface area contributed by atoms with E-state index < -0.39 is 0 Å². The van der Waals surface area contributed by atoms with Crippen LogP contribution in [0.1, 0.15) is 24.0 Å². The molecule has 3 heteroatoms. The van der Waals surface area contributed by atoms with Gasteiger partial charge in [0, 0.05) is 25.4 Å². The maximum atomic E-state index is 9.11. The van der Waals surface area contributed by atoms with E-state index in [0.717, 1.165) is 37.1 Å². The Labute approximate surface area is 102 Å². The van der Waals surface area contributed by atoms with Crippen LogP contribution in [-0.4, -0.2) is 24.8 Å². The lowest BCUT2D eigenvalue weighted by atomic mass is 9.97. The van der Waals surface area contributed by atoms with Crippen LogP contribution in [-0.2, 0) is 0 Å². The second kappa shape index (κ2) is 5.20. The van der Waals surface area contributed by atoms with Crippen LogP contribution in [0.4, 0.5) is 5.69 Å². The number of nitrogens with zero attached hydrogens (tertiary/aromatic N) is 2. The van der Waals surface area contributed by atoms with Gasteiger partial charge in [-0.2, -0.15) is 5.26 Å². The summed E-state index contributed by atoms with van der Waals surface area (Å²) in [6.07, 6.45) is 2.10. The summed E-state index contributed by atoms with van der Waals surface area (Å²) in [4.78, 5) is 2.33. The third kappa shape index (κ3) is 2.59. The van der Waals surface area contributed by atoms with Gasteiger partial charge in [-0.1, -0.05) is 0 Å². The van der Waals surface area contributed by atoms with Crippen LogP contribution in [0.15, 0.2) is 18.2 Å². The molecule has 0 aliphatic carbocycles. The van der Waals surface area contributed by atoms with E-state index in [9.17, 15) is 0 Å². The molecule has 2 rings (SSSR count). The normalized spacial score (nSPS) is 16.9. The molecule has 1 saturated heterocycles. The van der Waals surface area contributed by atoms with Crippen molar-refractivity contribution in [3.8, 4) is 6.07 Å². The van der Waals surface area contributed by atoms with Crippen molar-refractivity contribution in [3.05, 3.63) is 29.3 Å². The Morgan fingerprint density at radius 2 is 2.12 bits per heavy atom. The maximum absolute atomic E-state index is 9.11. The van der Waals surface area contributed by atoms with Crippen LogP contribution < -0.4 is 4.90 Å². The van der Waals surface area contributed by atoms with Crippen LogP contribution in [0.3, 0.4) is 0 Å². The van der Waals surface area contributed by atoms with Crippen molar-refractivity contribution in [2.75, 3.05) is 24.6 Å². The fourth-order valence-electron chi connectivity index (χ4n) is 2.34. The molecule has 1 heterocycles. The van der Waals surface area contributed by atoms with E-state index in [2.05, 4.69) is 17.0 Å². The monoisotopic (exact) mass is 230 g/mol. The molecule has 1 aliphatic rings. The molecule has 3 nitrogen and oxygen atoms in total. The van der Waals surface area contributed by atoms with E-state index in [1.165, 1.54) is 5.69 Å². The first-order valence-electron chi connectivity index (χ1n) is 6.11. The van der Waals surface area contributed by atoms with E-state index in [4.69, 9.17) is 10.4 Å². The number of piperidine rings is 1. The molecular weight excluding hydrogens is 212 g/mol. The Bertz CT molecular complexity index is 428. The van der Waals surface area contributed by atoms with Crippen LogP contribution in [0.5, 0.6) is 0 Å². The molecule has 0 spiro atoms. The molecule has 0 aromatic heterocycles. The highest BCUT2D eigenvalue weighted by molar-refractivity contribution is 5.53. The van der Waals surface area contributed by atoms with Crippen molar-refractivity contribution in [3.63, 3.8) is 0 Å². The minimum atomic E-state index is 0.306. The van der Waals surface area contributed by atoms with Gasteiger partial charge in [-0.25, -0.2) is 0 Å². The Kier molecular flexibility index (Phi) is 3.65. The molecule has 1 aromatic rings. The fourth-order valence-corrected chi connectivity index (χ4v) is 2.34. The number of aryl methyl sites for hydroxylation is 1. The highest BCUT2D eigenvalue weighted by atomic mass is 16.3. The Morgan fingerprint density at radius 3 is 2.65 bits per heavy atom. The van der Waals surface area contributed by atoms with E-state index >= 15 is 0 Å². The largest absolute Gasteiger partial charge is 0.396 e. The summed E-state index contributed by atoms with van der Waals surface area (Å²) in [5.41, 5.74) is 2.98. The average Bonchev–Trinajstić information content (AvgIpc) is 2.39. The summed E-state index contributed by atoms with van der Waals surface area (Å²) in [5.74, 6) is 0.464. The van der Waals surface area contributed by atoms with Gasteiger partial charge in [-0.3, -0.25) is 0 Å². The topological polar surface area (TPSA) is 47.3 Å². The van der Waals surface area contributed by atoms with Gasteiger partial charge in [0.1, 0.15) is 0 Å². The Hall–Kier alpha value is -1.53. The van der Waals surface area contributed by atoms with Gasteiger partial charge in [0.15, 0.2) is 0 Å². The number of anilines is 1. The lowest BCUT2D eigenvalue weighted by Gasteiger charge is -2.33. The number of nitriles is 1. The molecular formula is C14H18N2O. The molecule has 1 aliphatic heterocycles. The zero-order valence-electron chi connectivity index (χ0n) is 10.2. The minimum absolute atomic E-state index is 0.306. The smallest absolute Gasteiger partial charge is 0.0994 e. The highest BCUT2D eigenvalue weighted by Crippen LogP contribution is 2.24. The van der Waals surface area contributed by atoms with E-state index in [1.54, 1.807) is 0 Å². The molecule has 0 atom stereocenters. The molecule has 17 heavy (non-hydrogen) atoms. The zero-order valence-corrected chi connectivity index (χ0v) is 10.2. The first-order valence-corrected chi connectivity index (χ1v) is 6.11. The molecule has 1 N–H and O–H groups in total. The van der Waals surface area contributed by atoms with Gasteiger partial charge in [0.25, 0.3) is 0 Å². The molecule has 1 aromatic carbocycles. The molecule has 0 saturated carbocycles. The lowest BCUT2D eigenvalue weighted by molar-refractivity contribution is 0.203. The maximum Gasteiger partial charge on any atom is 0.0994 e. The van der Waals surface area contributed by atoms with E-state index in [-0.39, 0.29) is 0 Å². The van der Waals surface area contributed by atoms with Gasteiger partial charge in [0.05, 0.1) is 11.6 Å². The SMILES string of the molecule is Cc1cc(N2CCC(CO)CC2)ccc1C#N. The van der Waals surface area contributed by atoms with Crippen LogP contribution in [0.2, 0.25) is 0 Å². The third-order valence-corrected chi connectivity index (χ3v) is 3.57. The predicted octanol–water partition coefficient (Wildman–Crippen LogP) is 2.08. The van der Waals surface area contributed by atoms with Gasteiger partial charge in [-0.05, 0) is 49.4 Å². The van der Waals surface area contributed by atoms with Crippen LogP contribution in [0.25, 0.3) is 0 Å². The van der Waals surface area contributed by atoms with Crippen molar-refractivity contribution in [2.45, 2.75) is 19.8 Å². The number of rotatable bonds is 2. The average molecular weight is 230 g/mol. The summed E-state index contributed by atoms with van der Waals surface area (Å²) in [5, 5.41) is 18.0. The summed E-state index contributed by atoms with van der Waals surface area (Å²) in [6, 6.07) is 8.18. The quantitative estimate of drug-likeness (QED) is 0.846. The van der Waals surface area contributed by atoms with Crippen molar-refractivity contribution in [2.24, 2.45) is 5.92 Å². The first kappa shape index (κ1) is 11.9. The lowest BCUT2D eigenvalue weighted by Crippen LogP contribution is -2.34. The number of aliphatic hydroxyl groups is 1. The standard InChI is InChI=1S/C14H18N2O/c1-11-8-14(3-2-13(11)9-15)16-6-4-12(10-17)5-7-16/h2-3,8,12,17H,4-7,10H2,1H3. The van der Waals surface area contributed by atoms with Gasteiger partial charge in [-0.15, -0.1) is 0 Å². The van der Waals surface area contributed by atoms with E-state index in [1.807, 2.05) is 19.1 Å². The number of hydrogen-bond donors (Lipinski definition) is 1. The first-order chi connectivity index (χ1) is 8.24. The van der Waals surface area contributed by atoms with Crippen LogP contribution in [0, 0.1) is 24.2 Å². The summed E-state index contributed by atoms with van der Waals surface area (Å²) in [6.45, 7) is 4.27. The molecule has 0 radical (unpaired) electrons. The highest BCUT2D eigenvalue weighted by Gasteiger charge is 2.18. The number of hydrogen-bond acceptors (Lipinski definition) is 3. The van der Waals surface area contributed by atoms with Crippen LogP contribution >= 0.6 is 0 Å². The molecule has 0 bridgehead atoms. The van der Waals surface area contributed by atoms with Crippen molar-refractivity contribution in [1.29, 1.82) is 5.26 Å². The van der Waals surface area contributed by atoms with Gasteiger partial charge < -0.3 is 10.0 Å². The second-order valence-electron chi connectivity index (χ2n) is 4.72. The Balaban J connectivity index is 2.09. The minimum Gasteiger partial charge on any atom is -0.396 e. The van der Waals surface area contributed by atoms with Crippen molar-refractivity contribution < 1.29 is 5.11 Å². The predicted molar refractivity (Wildman–Crippen MR) is 67.9 cm³/mol. The fraction of sp³-hybridized carbons (Fsp3) is 0.500. The van der Waals surface area contributed by atoms with E-state index in [0.29, 0.717) is 12.5 Å². The second-order valence-corrected chi connectivity index (χ2v) is 4.72. The van der Waals surface area contributed by atoms with Gasteiger partial charge in [0.2, 0.25) is 0 Å². The molecule has 1 fully saturated rings. The molecule has 90 valence electrons. The van der Waals surface area contributed by atoms with Gasteiger partial charge >= 0.3 is 0 Å². The zero-order chi connectivity index (χ0) is 12.3. The van der Waals surface area contributed by atoms with Crippen molar-refractivity contribution in [1.82, 2.24) is 0 Å². The third-order valence-electron chi connectivity index (χ3n) is 3.57. The summed E-state index contributed by atoms with van der Waals surface area (Å²) >= 11 is 0. The molecule has 0 unspecified atom stereocenters. The Morgan fingerprint density at radius 1 is 1.41 bits per heavy atom. The number of benzene rings is 1. The van der Waals surface area contributed by atoms with Crippen molar-refractivity contribution >= 4 is 5.69 Å². The molecule has 0 amide bonds.